The van der Waals surface area contributed by atoms with Gasteiger partial charge < -0.3 is 43.4 Å². The van der Waals surface area contributed by atoms with Crippen molar-refractivity contribution in [3.63, 3.8) is 0 Å². The summed E-state index contributed by atoms with van der Waals surface area (Å²) in [5.74, 6) is -5.12. The number of amides is 5. The molecular weight excluding hydrogens is 476 g/mol. The topological polar surface area (TPSA) is 257 Å². The minimum Gasteiger partial charge on any atom is -0.508 e. The highest BCUT2D eigenvalue weighted by atomic mass is 16.4. The second-order valence-corrected chi connectivity index (χ2v) is 8.18. The number of carboxylic acids is 1. The Morgan fingerprint density at radius 2 is 1.33 bits per heavy atom. The van der Waals surface area contributed by atoms with E-state index in [4.69, 9.17) is 17.2 Å². The fourth-order valence-electron chi connectivity index (χ4n) is 3.00. The molecule has 0 bridgehead atoms. The molecule has 0 aromatic heterocycles. The molecule has 1 aromatic rings. The third kappa shape index (κ3) is 10.8. The maximum Gasteiger partial charge on any atom is 0.326 e. The molecule has 0 radical (unpaired) electrons. The van der Waals surface area contributed by atoms with Gasteiger partial charge in [0.2, 0.25) is 29.5 Å². The Morgan fingerprint density at radius 3 is 1.86 bits per heavy atom. The van der Waals surface area contributed by atoms with E-state index in [0.29, 0.717) is 5.56 Å². The Hall–Kier alpha value is -4.20. The van der Waals surface area contributed by atoms with Gasteiger partial charge in [-0.25, -0.2) is 4.79 Å². The van der Waals surface area contributed by atoms with Crippen molar-refractivity contribution < 1.29 is 39.0 Å². The van der Waals surface area contributed by atoms with Crippen LogP contribution in [0.15, 0.2) is 24.3 Å². The monoisotopic (exact) mass is 508 g/mol. The maximum absolute atomic E-state index is 12.9. The van der Waals surface area contributed by atoms with E-state index in [1.165, 1.54) is 31.2 Å². The van der Waals surface area contributed by atoms with E-state index in [2.05, 4.69) is 16.0 Å². The molecule has 0 saturated heterocycles. The van der Waals surface area contributed by atoms with Crippen molar-refractivity contribution in [2.75, 3.05) is 0 Å². The Kier molecular flexibility index (Phi) is 11.8. The molecule has 0 saturated carbocycles. The van der Waals surface area contributed by atoms with Crippen molar-refractivity contribution in [2.24, 2.45) is 17.2 Å². The molecule has 0 aliphatic heterocycles. The summed E-state index contributed by atoms with van der Waals surface area (Å²) in [5.41, 5.74) is 16.4. The van der Waals surface area contributed by atoms with E-state index in [1.807, 2.05) is 0 Å². The normalized spacial score (nSPS) is 13.9. The van der Waals surface area contributed by atoms with Crippen LogP contribution in [0.3, 0.4) is 0 Å². The van der Waals surface area contributed by atoms with Crippen molar-refractivity contribution in [2.45, 2.75) is 63.2 Å². The summed E-state index contributed by atoms with van der Waals surface area (Å²) in [6, 6.07) is 0.882. The largest absolute Gasteiger partial charge is 0.508 e. The number of nitrogens with two attached hydrogens (primary N) is 3. The zero-order chi connectivity index (χ0) is 27.4. The molecule has 0 spiro atoms. The molecule has 11 N–H and O–H groups in total. The van der Waals surface area contributed by atoms with Gasteiger partial charge >= 0.3 is 5.97 Å². The van der Waals surface area contributed by atoms with E-state index in [9.17, 15) is 39.0 Å². The molecule has 1 rings (SSSR count). The third-order valence-electron chi connectivity index (χ3n) is 5.09. The maximum atomic E-state index is 12.9. The van der Waals surface area contributed by atoms with Gasteiger partial charge in [-0.05, 0) is 37.5 Å². The number of primary amides is 2. The van der Waals surface area contributed by atoms with Crippen LogP contribution in [0, 0.1) is 0 Å². The van der Waals surface area contributed by atoms with E-state index in [0.717, 1.165) is 0 Å². The minimum absolute atomic E-state index is 0.00752. The number of carbonyl (C=O) groups excluding carboxylic acids is 5. The van der Waals surface area contributed by atoms with E-state index in [-0.39, 0.29) is 37.9 Å². The van der Waals surface area contributed by atoms with Gasteiger partial charge in [-0.1, -0.05) is 12.1 Å². The van der Waals surface area contributed by atoms with Crippen LogP contribution in [-0.2, 0) is 35.2 Å². The number of benzene rings is 1. The lowest BCUT2D eigenvalue weighted by atomic mass is 10.0. The predicted octanol–water partition coefficient (Wildman–Crippen LogP) is -2.65. The van der Waals surface area contributed by atoms with Gasteiger partial charge in [0.15, 0.2) is 0 Å². The summed E-state index contributed by atoms with van der Waals surface area (Å²) in [6.45, 7) is 1.30. The van der Waals surface area contributed by atoms with E-state index >= 15 is 0 Å². The van der Waals surface area contributed by atoms with E-state index < -0.39 is 59.7 Å². The van der Waals surface area contributed by atoms with Crippen molar-refractivity contribution in [1.82, 2.24) is 16.0 Å². The highest BCUT2D eigenvalue weighted by Crippen LogP contribution is 2.12. The summed E-state index contributed by atoms with van der Waals surface area (Å²) < 4.78 is 0. The van der Waals surface area contributed by atoms with Crippen LogP contribution >= 0.6 is 0 Å². The van der Waals surface area contributed by atoms with Crippen molar-refractivity contribution >= 4 is 35.5 Å². The fourth-order valence-corrected chi connectivity index (χ4v) is 3.00. The fraction of sp³-hybridized carbons (Fsp3) is 0.455. The van der Waals surface area contributed by atoms with Crippen molar-refractivity contribution in [1.29, 1.82) is 0 Å². The second-order valence-electron chi connectivity index (χ2n) is 8.18. The Morgan fingerprint density at radius 1 is 0.806 bits per heavy atom. The molecule has 0 fully saturated rings. The molecule has 0 unspecified atom stereocenters. The number of phenols is 1. The van der Waals surface area contributed by atoms with Crippen LogP contribution < -0.4 is 33.2 Å². The number of aromatic hydroxyl groups is 1. The minimum atomic E-state index is -1.40. The summed E-state index contributed by atoms with van der Waals surface area (Å²) in [5, 5.41) is 25.8. The lowest BCUT2D eigenvalue weighted by Crippen LogP contribution is -2.57. The molecule has 0 aliphatic carbocycles. The number of hydrogen-bond acceptors (Lipinski definition) is 8. The number of carboxylic acid groups (broad SMARTS) is 1. The lowest BCUT2D eigenvalue weighted by molar-refractivity contribution is -0.142. The average molecular weight is 509 g/mol. The number of hydrogen-bond donors (Lipinski definition) is 8. The molecule has 36 heavy (non-hydrogen) atoms. The standard InChI is InChI=1S/C22H32N6O8/c1-11(19(32)27-15(22(35)36)7-9-18(25)31)26-21(34)16(10-12-2-4-13(29)5-3-12)28-20(33)14(23)6-8-17(24)30/h2-5,11,14-16,29H,6-10,23H2,1H3,(H2,24,30)(H2,25,31)(H,26,34)(H,27,32)(H,28,33)(H,35,36)/t11-,14-,15-,16-/m0/s1. The molecule has 14 nitrogen and oxygen atoms in total. The van der Waals surface area contributed by atoms with Gasteiger partial charge in [-0.3, -0.25) is 24.0 Å². The first-order valence-electron chi connectivity index (χ1n) is 11.0. The summed E-state index contributed by atoms with van der Waals surface area (Å²) >= 11 is 0. The summed E-state index contributed by atoms with van der Waals surface area (Å²) in [4.78, 5) is 71.1. The van der Waals surface area contributed by atoms with Crippen LogP contribution in [0.4, 0.5) is 0 Å². The zero-order valence-corrected chi connectivity index (χ0v) is 19.7. The zero-order valence-electron chi connectivity index (χ0n) is 19.7. The van der Waals surface area contributed by atoms with Crippen molar-refractivity contribution in [3.05, 3.63) is 29.8 Å². The molecule has 1 aromatic carbocycles. The Labute approximate surface area is 206 Å². The molecular formula is C22H32N6O8. The van der Waals surface area contributed by atoms with Gasteiger partial charge in [0.05, 0.1) is 6.04 Å². The second kappa shape index (κ2) is 14.3. The van der Waals surface area contributed by atoms with Crippen LogP contribution in [0.25, 0.3) is 0 Å². The summed E-state index contributed by atoms with van der Waals surface area (Å²) in [6.07, 6.45) is -0.726. The SMILES string of the molecule is C[C@H](NC(=O)[C@H](Cc1ccc(O)cc1)NC(=O)[C@@H](N)CCC(N)=O)C(=O)N[C@@H](CCC(N)=O)C(=O)O. The predicted molar refractivity (Wildman–Crippen MR) is 126 cm³/mol. The Balaban J connectivity index is 2.92. The molecule has 198 valence electrons. The van der Waals surface area contributed by atoms with Gasteiger partial charge in [0, 0.05) is 19.3 Å². The molecule has 14 heteroatoms. The first-order valence-corrected chi connectivity index (χ1v) is 11.0. The first kappa shape index (κ1) is 29.8. The van der Waals surface area contributed by atoms with Crippen LogP contribution in [0.2, 0.25) is 0 Å². The summed E-state index contributed by atoms with van der Waals surface area (Å²) in [7, 11) is 0. The quantitative estimate of drug-likeness (QED) is 0.123. The molecule has 5 amide bonds. The molecule has 4 atom stereocenters. The Bertz CT molecular complexity index is 968. The first-order chi connectivity index (χ1) is 16.8. The van der Waals surface area contributed by atoms with Crippen LogP contribution in [0.1, 0.15) is 38.2 Å². The number of nitrogens with one attached hydrogen (secondary N) is 3. The van der Waals surface area contributed by atoms with Crippen molar-refractivity contribution in [3.8, 4) is 5.75 Å². The number of rotatable bonds is 15. The molecule has 0 aliphatic rings. The number of aliphatic carboxylic acids is 1. The third-order valence-corrected chi connectivity index (χ3v) is 5.09. The van der Waals surface area contributed by atoms with Crippen LogP contribution in [-0.4, -0.2) is 69.9 Å². The van der Waals surface area contributed by atoms with E-state index in [1.54, 1.807) is 0 Å². The van der Waals surface area contributed by atoms with Gasteiger partial charge in [0.25, 0.3) is 0 Å². The average Bonchev–Trinajstić information content (AvgIpc) is 2.80. The van der Waals surface area contributed by atoms with Gasteiger partial charge in [-0.2, -0.15) is 0 Å². The number of carbonyl (C=O) groups is 6. The number of phenolic OH excluding ortho intramolecular Hbond substituents is 1. The highest BCUT2D eigenvalue weighted by molar-refractivity contribution is 5.94. The highest BCUT2D eigenvalue weighted by Gasteiger charge is 2.28. The lowest BCUT2D eigenvalue weighted by Gasteiger charge is -2.23. The van der Waals surface area contributed by atoms with Gasteiger partial charge in [0.1, 0.15) is 23.9 Å². The van der Waals surface area contributed by atoms with Crippen LogP contribution in [0.5, 0.6) is 5.75 Å². The molecule has 0 heterocycles. The smallest absolute Gasteiger partial charge is 0.326 e. The van der Waals surface area contributed by atoms with Gasteiger partial charge in [-0.15, -0.1) is 0 Å².